The Balaban J connectivity index is 2.84. The van der Waals surface area contributed by atoms with Gasteiger partial charge in [-0.25, -0.2) is 4.39 Å². The zero-order valence-electron chi connectivity index (χ0n) is 8.16. The molecule has 0 aliphatic rings. The minimum atomic E-state index is -1.01. The average molecular weight is 193 g/mol. The number of hydrogen-bond acceptors (Lipinski definition) is 1. The van der Waals surface area contributed by atoms with Crippen molar-refractivity contribution < 1.29 is 9.50 Å². The Morgan fingerprint density at radius 2 is 2.14 bits per heavy atom. The first-order chi connectivity index (χ1) is 6.61. The third-order valence-corrected chi connectivity index (χ3v) is 2.44. The second kappa shape index (κ2) is 3.01. The maximum absolute atomic E-state index is 13.2. The number of phenols is 1. The molecule has 1 unspecified atom stereocenters. The number of fused-ring (bicyclic) bond motifs is 1. The van der Waals surface area contributed by atoms with Crippen LogP contribution < -0.4 is 0 Å². The number of hydrogen-bond donors (Lipinski definition) is 1. The van der Waals surface area contributed by atoms with Crippen molar-refractivity contribution in [3.05, 3.63) is 30.0 Å². The van der Waals surface area contributed by atoms with Gasteiger partial charge in [-0.3, -0.25) is 0 Å². The maximum Gasteiger partial charge on any atom is 0.139 e. The SMILES string of the molecule is CC(F)c1cn(C)c2c(O)cccc12. The van der Waals surface area contributed by atoms with Crippen LogP contribution in [-0.2, 0) is 7.05 Å². The highest BCUT2D eigenvalue weighted by Crippen LogP contribution is 2.32. The topological polar surface area (TPSA) is 25.2 Å². The van der Waals surface area contributed by atoms with E-state index in [2.05, 4.69) is 0 Å². The molecule has 1 N–H and O–H groups in total. The summed E-state index contributed by atoms with van der Waals surface area (Å²) in [6, 6.07) is 5.15. The fourth-order valence-corrected chi connectivity index (χ4v) is 1.79. The lowest BCUT2D eigenvalue weighted by Crippen LogP contribution is -1.83. The minimum Gasteiger partial charge on any atom is -0.506 e. The van der Waals surface area contributed by atoms with E-state index in [0.717, 1.165) is 5.39 Å². The highest BCUT2D eigenvalue weighted by molar-refractivity contribution is 5.89. The summed E-state index contributed by atoms with van der Waals surface area (Å²) in [6.45, 7) is 1.50. The van der Waals surface area contributed by atoms with Crippen molar-refractivity contribution >= 4 is 10.9 Å². The van der Waals surface area contributed by atoms with E-state index in [1.54, 1.807) is 29.9 Å². The van der Waals surface area contributed by atoms with Crippen LogP contribution in [0.15, 0.2) is 24.4 Å². The molecule has 1 aromatic heterocycles. The highest BCUT2D eigenvalue weighted by Gasteiger charge is 2.13. The summed E-state index contributed by atoms with van der Waals surface area (Å²) in [4.78, 5) is 0. The number of phenolic OH excluding ortho intramolecular Hbond substituents is 1. The van der Waals surface area contributed by atoms with Gasteiger partial charge in [-0.15, -0.1) is 0 Å². The first-order valence-corrected chi connectivity index (χ1v) is 4.52. The molecule has 0 bridgehead atoms. The third-order valence-electron chi connectivity index (χ3n) is 2.44. The molecule has 1 heterocycles. The van der Waals surface area contributed by atoms with Crippen LogP contribution in [0.5, 0.6) is 5.75 Å². The molecule has 3 heteroatoms. The molecule has 0 aliphatic heterocycles. The van der Waals surface area contributed by atoms with Gasteiger partial charge in [0.05, 0.1) is 5.52 Å². The van der Waals surface area contributed by atoms with Gasteiger partial charge in [-0.05, 0) is 13.0 Å². The molecule has 74 valence electrons. The van der Waals surface area contributed by atoms with Crippen LogP contribution in [-0.4, -0.2) is 9.67 Å². The number of aromatic hydroxyl groups is 1. The standard InChI is InChI=1S/C11H12FNO/c1-7(12)9-6-13(2)11-8(9)4-3-5-10(11)14/h3-7,14H,1-2H3. The zero-order valence-corrected chi connectivity index (χ0v) is 8.16. The second-order valence-electron chi connectivity index (χ2n) is 3.48. The van der Waals surface area contributed by atoms with E-state index in [-0.39, 0.29) is 5.75 Å². The summed E-state index contributed by atoms with van der Waals surface area (Å²) >= 11 is 0. The van der Waals surface area contributed by atoms with Crippen LogP contribution in [0, 0.1) is 0 Å². The van der Waals surface area contributed by atoms with E-state index in [1.807, 2.05) is 6.07 Å². The summed E-state index contributed by atoms with van der Waals surface area (Å²) in [6.07, 6.45) is 0.704. The predicted octanol–water partition coefficient (Wildman–Crippen LogP) is 2.91. The molecule has 2 aromatic rings. The molecule has 1 aromatic carbocycles. The van der Waals surface area contributed by atoms with Crippen LogP contribution >= 0.6 is 0 Å². The number of nitrogens with zero attached hydrogens (tertiary/aromatic N) is 1. The largest absolute Gasteiger partial charge is 0.506 e. The summed E-state index contributed by atoms with van der Waals surface area (Å²) in [5, 5.41) is 10.4. The van der Waals surface area contributed by atoms with E-state index in [4.69, 9.17) is 0 Å². The number of benzene rings is 1. The molecule has 14 heavy (non-hydrogen) atoms. The lowest BCUT2D eigenvalue weighted by molar-refractivity contribution is 0.376. The average Bonchev–Trinajstić information content (AvgIpc) is 2.45. The van der Waals surface area contributed by atoms with Crippen LogP contribution in [0.4, 0.5) is 4.39 Å². The minimum absolute atomic E-state index is 0.192. The molecule has 0 amide bonds. The molecule has 0 spiro atoms. The molecule has 0 aliphatic carbocycles. The fourth-order valence-electron chi connectivity index (χ4n) is 1.79. The van der Waals surface area contributed by atoms with Crippen LogP contribution in [0.3, 0.4) is 0 Å². The third kappa shape index (κ3) is 1.16. The van der Waals surface area contributed by atoms with E-state index >= 15 is 0 Å². The fraction of sp³-hybridized carbons (Fsp3) is 0.273. The molecule has 2 nitrogen and oxygen atoms in total. The number of aromatic nitrogens is 1. The first kappa shape index (κ1) is 9.06. The van der Waals surface area contributed by atoms with Gasteiger partial charge in [0.2, 0.25) is 0 Å². The van der Waals surface area contributed by atoms with Crippen molar-refractivity contribution in [1.29, 1.82) is 0 Å². The van der Waals surface area contributed by atoms with Gasteiger partial charge in [0.25, 0.3) is 0 Å². The molecule has 0 saturated carbocycles. The number of alkyl halides is 1. The Labute approximate surface area is 81.6 Å². The van der Waals surface area contributed by atoms with Gasteiger partial charge < -0.3 is 9.67 Å². The maximum atomic E-state index is 13.2. The van der Waals surface area contributed by atoms with Gasteiger partial charge in [0, 0.05) is 24.2 Å². The van der Waals surface area contributed by atoms with Gasteiger partial charge in [-0.2, -0.15) is 0 Å². The van der Waals surface area contributed by atoms with Crippen molar-refractivity contribution in [2.24, 2.45) is 7.05 Å². The summed E-state index contributed by atoms with van der Waals surface area (Å²) in [7, 11) is 1.80. The molecule has 2 rings (SSSR count). The van der Waals surface area contributed by atoms with Crippen molar-refractivity contribution in [3.8, 4) is 5.75 Å². The van der Waals surface area contributed by atoms with E-state index in [9.17, 15) is 9.50 Å². The second-order valence-corrected chi connectivity index (χ2v) is 3.48. The zero-order chi connectivity index (χ0) is 10.3. The van der Waals surface area contributed by atoms with Gasteiger partial charge in [-0.1, -0.05) is 12.1 Å². The molecule has 0 saturated heterocycles. The van der Waals surface area contributed by atoms with Crippen molar-refractivity contribution in [2.75, 3.05) is 0 Å². The summed E-state index contributed by atoms with van der Waals surface area (Å²) in [5.41, 5.74) is 1.31. The van der Waals surface area contributed by atoms with E-state index < -0.39 is 6.17 Å². The number of para-hydroxylation sites is 1. The number of halogens is 1. The van der Waals surface area contributed by atoms with Crippen LogP contribution in [0.2, 0.25) is 0 Å². The predicted molar refractivity (Wildman–Crippen MR) is 54.1 cm³/mol. The van der Waals surface area contributed by atoms with Crippen molar-refractivity contribution in [2.45, 2.75) is 13.1 Å². The van der Waals surface area contributed by atoms with Crippen LogP contribution in [0.25, 0.3) is 10.9 Å². The molecule has 0 fully saturated rings. The molecular formula is C11H12FNO. The Hall–Kier alpha value is -1.51. The van der Waals surface area contributed by atoms with E-state index in [1.165, 1.54) is 6.92 Å². The van der Waals surface area contributed by atoms with Gasteiger partial charge in [0.1, 0.15) is 11.9 Å². The van der Waals surface area contributed by atoms with Gasteiger partial charge >= 0.3 is 0 Å². The Morgan fingerprint density at radius 3 is 2.79 bits per heavy atom. The lowest BCUT2D eigenvalue weighted by atomic mass is 10.1. The summed E-state index contributed by atoms with van der Waals surface area (Å²) in [5.74, 6) is 0.192. The summed E-state index contributed by atoms with van der Waals surface area (Å²) < 4.78 is 15.0. The normalized spacial score (nSPS) is 13.4. The Bertz CT molecular complexity index is 473. The molecule has 0 radical (unpaired) electrons. The van der Waals surface area contributed by atoms with E-state index in [0.29, 0.717) is 11.1 Å². The molecule has 1 atom stereocenters. The molecular weight excluding hydrogens is 181 g/mol. The quantitative estimate of drug-likeness (QED) is 0.740. The van der Waals surface area contributed by atoms with Gasteiger partial charge in [0.15, 0.2) is 0 Å². The van der Waals surface area contributed by atoms with Crippen LogP contribution in [0.1, 0.15) is 18.7 Å². The monoisotopic (exact) mass is 193 g/mol. The Morgan fingerprint density at radius 1 is 1.43 bits per heavy atom. The Kier molecular flexibility index (Phi) is 1.95. The van der Waals surface area contributed by atoms with Crippen molar-refractivity contribution in [3.63, 3.8) is 0 Å². The highest BCUT2D eigenvalue weighted by atomic mass is 19.1. The first-order valence-electron chi connectivity index (χ1n) is 4.52. The lowest BCUT2D eigenvalue weighted by Gasteiger charge is -1.99. The van der Waals surface area contributed by atoms with Crippen molar-refractivity contribution in [1.82, 2.24) is 4.57 Å². The number of rotatable bonds is 1. The number of aryl methyl sites for hydroxylation is 1. The smallest absolute Gasteiger partial charge is 0.139 e.